The summed E-state index contributed by atoms with van der Waals surface area (Å²) >= 11 is 35.7. The number of fused-ring (bicyclic) bond motifs is 2. The Kier molecular flexibility index (Phi) is 12.2. The number of rotatable bonds is 7. The summed E-state index contributed by atoms with van der Waals surface area (Å²) in [6, 6.07) is 15.4. The molecule has 6 aromatic rings. The molecule has 0 spiro atoms. The average Bonchev–Trinajstić information content (AvgIpc) is 3.93. The first-order valence-corrected chi connectivity index (χ1v) is 20.4. The van der Waals surface area contributed by atoms with E-state index in [1.165, 1.54) is 36.6 Å². The van der Waals surface area contributed by atoms with Gasteiger partial charge in [-0.15, -0.1) is 0 Å². The van der Waals surface area contributed by atoms with Crippen LogP contribution >= 0.6 is 69.6 Å². The lowest BCUT2D eigenvalue weighted by Gasteiger charge is -2.34. The molecule has 7 nitrogen and oxygen atoms in total. The quantitative estimate of drug-likeness (QED) is 0.139. The number of phenols is 2. The highest BCUT2D eigenvalue weighted by Crippen LogP contribution is 2.52. The summed E-state index contributed by atoms with van der Waals surface area (Å²) in [7, 11) is 3.54. The van der Waals surface area contributed by atoms with E-state index in [-0.39, 0.29) is 70.9 Å². The van der Waals surface area contributed by atoms with Crippen molar-refractivity contribution in [1.29, 1.82) is 0 Å². The SMILES string of the molecule is CN(C)C(=O)c1ccc2[nH]c([C@@H](C3CCC(c4ccnc5ccc(F)cc45)CC3)C3CC3)nc2c1.Oc1c(Cl)cc(Cl)c(Cl)c1Cc1c(O)c(Cl)cc(Cl)c1Cl. The molecule has 0 radical (unpaired) electrons. The van der Waals surface area contributed by atoms with Crippen molar-refractivity contribution in [3.8, 4) is 11.5 Å². The van der Waals surface area contributed by atoms with Crippen molar-refractivity contribution in [2.45, 2.75) is 56.8 Å². The molecule has 14 heteroatoms. The van der Waals surface area contributed by atoms with Crippen molar-refractivity contribution in [3.05, 3.63) is 125 Å². The predicted molar refractivity (Wildman–Crippen MR) is 225 cm³/mol. The Morgan fingerprint density at radius 2 is 1.38 bits per heavy atom. The maximum absolute atomic E-state index is 14.0. The van der Waals surface area contributed by atoms with Crippen LogP contribution in [-0.2, 0) is 6.42 Å². The van der Waals surface area contributed by atoms with E-state index < -0.39 is 0 Å². The van der Waals surface area contributed by atoms with Gasteiger partial charge in [-0.3, -0.25) is 9.78 Å². The summed E-state index contributed by atoms with van der Waals surface area (Å²) in [6.07, 6.45) is 8.84. The second-order valence-corrected chi connectivity index (χ2v) is 17.1. The summed E-state index contributed by atoms with van der Waals surface area (Å²) < 4.78 is 14.0. The Labute approximate surface area is 353 Å². The molecule has 4 aromatic carbocycles. The normalized spacial score (nSPS) is 17.4. The number of nitrogens with one attached hydrogen (secondary N) is 1. The molecular weight excluding hydrogens is 840 g/mol. The van der Waals surface area contributed by atoms with Gasteiger partial charge in [-0.05, 0) is 116 Å². The molecular formula is C42H37Cl6FN4O3. The lowest BCUT2D eigenvalue weighted by molar-refractivity contribution is 0.0827. The molecule has 2 saturated carbocycles. The Balaban J connectivity index is 0.000000196. The number of carbonyl (C=O) groups is 1. The van der Waals surface area contributed by atoms with Crippen LogP contribution in [0.25, 0.3) is 21.9 Å². The summed E-state index contributed by atoms with van der Waals surface area (Å²) in [6.45, 7) is 0. The number of benzene rings is 4. The van der Waals surface area contributed by atoms with Gasteiger partial charge in [0.2, 0.25) is 0 Å². The van der Waals surface area contributed by atoms with E-state index in [2.05, 4.69) is 16.0 Å². The standard InChI is InChI=1S/C29H31FN4O.C13H6Cl6O2/c1-34(2)29(35)20-9-11-25-26(15-20)33-28(32-25)27(19-7-8-19)18-5-3-17(4-6-18)22-13-14-31-24-12-10-21(30)16-23(22)24;14-6-2-8(16)12(20)4(10(6)18)1-5-11(19)7(15)3-9(17)13(5)21/h9-19,27H,3-8H2,1-2H3,(H,32,33);2-3,20-21H,1H2/t17?,18?,27-;/m0./s1. The third kappa shape index (κ3) is 8.38. The van der Waals surface area contributed by atoms with Gasteiger partial charge in [0.15, 0.2) is 0 Å². The number of halogens is 7. The number of phenolic OH excluding ortho intramolecular Hbond substituents is 2. The Morgan fingerprint density at radius 3 is 1.95 bits per heavy atom. The topological polar surface area (TPSA) is 102 Å². The van der Waals surface area contributed by atoms with Gasteiger partial charge in [0.25, 0.3) is 5.91 Å². The molecule has 56 heavy (non-hydrogen) atoms. The fraction of sp³-hybridized carbons (Fsp3) is 0.310. The Bertz CT molecular complexity index is 2350. The van der Waals surface area contributed by atoms with E-state index in [0.29, 0.717) is 29.2 Å². The van der Waals surface area contributed by atoms with Crippen LogP contribution in [0.3, 0.4) is 0 Å². The number of carbonyl (C=O) groups excluding carboxylic acids is 1. The maximum atomic E-state index is 14.0. The highest BCUT2D eigenvalue weighted by Gasteiger charge is 2.41. The third-order valence-electron chi connectivity index (χ3n) is 10.9. The van der Waals surface area contributed by atoms with Crippen LogP contribution in [0, 0.1) is 17.7 Å². The zero-order valence-corrected chi connectivity index (χ0v) is 34.9. The van der Waals surface area contributed by atoms with Gasteiger partial charge >= 0.3 is 0 Å². The number of hydrogen-bond donors (Lipinski definition) is 3. The van der Waals surface area contributed by atoms with Gasteiger partial charge in [-0.2, -0.15) is 0 Å². The molecule has 0 saturated heterocycles. The molecule has 2 aliphatic rings. The molecule has 292 valence electrons. The number of nitrogens with zero attached hydrogens (tertiary/aromatic N) is 3. The molecule has 2 aliphatic carbocycles. The van der Waals surface area contributed by atoms with Crippen molar-refractivity contribution >= 4 is 97.4 Å². The summed E-state index contributed by atoms with van der Waals surface area (Å²) in [5.74, 6) is 2.53. The fourth-order valence-corrected chi connectivity index (χ4v) is 9.34. The number of pyridine rings is 1. The first-order valence-electron chi connectivity index (χ1n) is 18.2. The molecule has 3 N–H and O–H groups in total. The van der Waals surface area contributed by atoms with Gasteiger partial charge in [0, 0.05) is 54.7 Å². The first-order chi connectivity index (χ1) is 26.7. The number of aromatic amines is 1. The minimum atomic E-state index is -0.252. The predicted octanol–water partition coefficient (Wildman–Crippen LogP) is 13.0. The highest BCUT2D eigenvalue weighted by atomic mass is 35.5. The highest BCUT2D eigenvalue weighted by molar-refractivity contribution is 6.45. The van der Waals surface area contributed by atoms with Gasteiger partial charge in [0.05, 0.1) is 46.7 Å². The second-order valence-electron chi connectivity index (χ2n) is 14.7. The minimum absolute atomic E-state index is 0.00275. The molecule has 1 atom stereocenters. The zero-order valence-electron chi connectivity index (χ0n) is 30.3. The molecule has 0 aliphatic heterocycles. The van der Waals surface area contributed by atoms with Crippen LogP contribution in [0.1, 0.15) is 83.2 Å². The Hall–Kier alpha value is -3.50. The van der Waals surface area contributed by atoms with E-state index >= 15 is 0 Å². The van der Waals surface area contributed by atoms with E-state index in [9.17, 15) is 19.4 Å². The van der Waals surface area contributed by atoms with Crippen LogP contribution in [-0.4, -0.2) is 50.1 Å². The third-order valence-corrected chi connectivity index (χ3v) is 13.1. The van der Waals surface area contributed by atoms with Gasteiger partial charge < -0.3 is 20.1 Å². The minimum Gasteiger partial charge on any atom is -0.506 e. The van der Waals surface area contributed by atoms with Crippen LogP contribution in [0.15, 0.2) is 60.8 Å². The average molecular weight is 877 g/mol. The van der Waals surface area contributed by atoms with E-state index in [0.717, 1.165) is 53.4 Å². The first kappa shape index (κ1) is 40.7. The molecule has 0 bridgehead atoms. The van der Waals surface area contributed by atoms with E-state index in [4.69, 9.17) is 74.6 Å². The lowest BCUT2D eigenvalue weighted by atomic mass is 9.72. The fourth-order valence-electron chi connectivity index (χ4n) is 7.92. The van der Waals surface area contributed by atoms with Gasteiger partial charge in [-0.25, -0.2) is 9.37 Å². The van der Waals surface area contributed by atoms with Gasteiger partial charge in [-0.1, -0.05) is 69.6 Å². The number of aromatic nitrogens is 3. The van der Waals surface area contributed by atoms with Crippen LogP contribution in [0.5, 0.6) is 11.5 Å². The van der Waals surface area contributed by atoms with Crippen molar-refractivity contribution < 1.29 is 19.4 Å². The number of imidazole rings is 1. The number of hydrogen-bond acceptors (Lipinski definition) is 5. The summed E-state index contributed by atoms with van der Waals surface area (Å²) in [5, 5.41) is 21.6. The van der Waals surface area contributed by atoms with Crippen LogP contribution in [0.4, 0.5) is 4.39 Å². The molecule has 2 heterocycles. The summed E-state index contributed by atoms with van der Waals surface area (Å²) in [4.78, 5) is 27.0. The van der Waals surface area contributed by atoms with Crippen molar-refractivity contribution in [3.63, 3.8) is 0 Å². The van der Waals surface area contributed by atoms with Crippen molar-refractivity contribution in [2.24, 2.45) is 11.8 Å². The monoisotopic (exact) mass is 874 g/mol. The van der Waals surface area contributed by atoms with Gasteiger partial charge in [0.1, 0.15) is 23.1 Å². The molecule has 2 fully saturated rings. The number of H-pyrrole nitrogens is 1. The van der Waals surface area contributed by atoms with E-state index in [1.54, 1.807) is 31.1 Å². The molecule has 2 aromatic heterocycles. The van der Waals surface area contributed by atoms with Crippen molar-refractivity contribution in [1.82, 2.24) is 19.9 Å². The zero-order chi connectivity index (χ0) is 40.0. The number of aromatic hydroxyl groups is 2. The van der Waals surface area contributed by atoms with Crippen LogP contribution in [0.2, 0.25) is 30.1 Å². The number of amides is 1. The van der Waals surface area contributed by atoms with Crippen LogP contribution < -0.4 is 0 Å². The molecule has 0 unspecified atom stereocenters. The smallest absolute Gasteiger partial charge is 0.253 e. The van der Waals surface area contributed by atoms with E-state index in [1.807, 2.05) is 24.4 Å². The van der Waals surface area contributed by atoms with Crippen molar-refractivity contribution in [2.75, 3.05) is 14.1 Å². The Morgan fingerprint density at radius 1 is 0.786 bits per heavy atom. The largest absolute Gasteiger partial charge is 0.506 e. The second kappa shape index (κ2) is 16.8. The maximum Gasteiger partial charge on any atom is 0.253 e. The lowest BCUT2D eigenvalue weighted by Crippen LogP contribution is -2.22. The molecule has 8 rings (SSSR count). The molecule has 1 amide bonds. The summed E-state index contributed by atoms with van der Waals surface area (Å²) in [5.41, 5.74) is 5.07.